The summed E-state index contributed by atoms with van der Waals surface area (Å²) >= 11 is 1.60. The first kappa shape index (κ1) is 21.2. The topological polar surface area (TPSA) is 54.9 Å². The van der Waals surface area contributed by atoms with E-state index in [-0.39, 0.29) is 5.82 Å². The van der Waals surface area contributed by atoms with Crippen LogP contribution in [-0.2, 0) is 16.1 Å². The number of nitrogens with zero attached hydrogens (tertiary/aromatic N) is 2. The van der Waals surface area contributed by atoms with Gasteiger partial charge in [0.15, 0.2) is 0 Å². The number of thiazole rings is 1. The summed E-state index contributed by atoms with van der Waals surface area (Å²) in [4.78, 5) is 10.8. The van der Waals surface area contributed by atoms with Gasteiger partial charge >= 0.3 is 0 Å². The molecule has 4 rings (SSSR count). The third-order valence-electron chi connectivity index (χ3n) is 4.80. The summed E-state index contributed by atoms with van der Waals surface area (Å²) in [5.74, 6) is 0.235. The molecule has 1 N–H and O–H groups in total. The summed E-state index contributed by atoms with van der Waals surface area (Å²) in [5, 5.41) is 2.67. The van der Waals surface area contributed by atoms with Crippen molar-refractivity contribution in [3.05, 3.63) is 83.8 Å². The molecule has 0 saturated heterocycles. The molecule has 0 fully saturated rings. The summed E-state index contributed by atoms with van der Waals surface area (Å²) in [7, 11) is -2.62. The number of anilines is 1. The second-order valence-electron chi connectivity index (χ2n) is 6.83. The molecule has 2 aromatic carbocycles. The molecule has 7 heteroatoms. The SMILES string of the molecule is CC=S(=O)(Nc1cc(-c2sc(CC)nc2-c2ccc(F)cc2)ccn1)c1ccccc1. The minimum Gasteiger partial charge on any atom is -0.293 e. The molecule has 0 aliphatic heterocycles. The van der Waals surface area contributed by atoms with Crippen LogP contribution in [0.3, 0.4) is 0 Å². The summed E-state index contributed by atoms with van der Waals surface area (Å²) < 4.78 is 30.0. The zero-order valence-electron chi connectivity index (χ0n) is 17.2. The number of aromatic nitrogens is 2. The Morgan fingerprint density at radius 2 is 1.81 bits per heavy atom. The largest absolute Gasteiger partial charge is 0.293 e. The fraction of sp³-hybridized carbons (Fsp3) is 0.125. The zero-order valence-corrected chi connectivity index (χ0v) is 18.8. The van der Waals surface area contributed by atoms with Gasteiger partial charge in [-0.2, -0.15) is 0 Å². The molecule has 1 unspecified atom stereocenters. The van der Waals surface area contributed by atoms with Gasteiger partial charge in [0, 0.05) is 16.7 Å². The highest BCUT2D eigenvalue weighted by Crippen LogP contribution is 2.37. The Hall–Kier alpha value is -3.03. The number of hydrogen-bond acceptors (Lipinski definition) is 4. The van der Waals surface area contributed by atoms with Crippen LogP contribution in [0.2, 0.25) is 0 Å². The average Bonchev–Trinajstić information content (AvgIpc) is 3.25. The molecule has 1 atom stereocenters. The lowest BCUT2D eigenvalue weighted by atomic mass is 10.1. The second kappa shape index (κ2) is 8.99. The van der Waals surface area contributed by atoms with Gasteiger partial charge in [-0.25, -0.2) is 18.6 Å². The van der Waals surface area contributed by atoms with E-state index in [4.69, 9.17) is 4.98 Å². The Balaban J connectivity index is 1.75. The first-order valence-electron chi connectivity index (χ1n) is 9.91. The van der Waals surface area contributed by atoms with Gasteiger partial charge in [-0.3, -0.25) is 4.72 Å². The van der Waals surface area contributed by atoms with Crippen molar-refractivity contribution in [3.8, 4) is 21.7 Å². The molecule has 158 valence electrons. The Kier molecular flexibility index (Phi) is 6.15. The van der Waals surface area contributed by atoms with Crippen LogP contribution in [0.15, 0.2) is 77.8 Å². The summed E-state index contributed by atoms with van der Waals surface area (Å²) in [6.07, 6.45) is 2.50. The molecular formula is C24H22FN3OS2. The third kappa shape index (κ3) is 4.52. The maximum absolute atomic E-state index is 13.5. The molecule has 4 nitrogen and oxygen atoms in total. The van der Waals surface area contributed by atoms with E-state index in [1.165, 1.54) is 12.1 Å². The van der Waals surface area contributed by atoms with E-state index in [9.17, 15) is 8.60 Å². The van der Waals surface area contributed by atoms with Gasteiger partial charge < -0.3 is 0 Å². The smallest absolute Gasteiger partial charge is 0.138 e. The molecule has 0 saturated carbocycles. The molecule has 0 spiro atoms. The molecule has 0 aliphatic carbocycles. The number of rotatable bonds is 6. The zero-order chi connectivity index (χ0) is 21.8. The monoisotopic (exact) mass is 451 g/mol. The van der Waals surface area contributed by atoms with Gasteiger partial charge in [0.05, 0.1) is 25.3 Å². The fourth-order valence-electron chi connectivity index (χ4n) is 3.17. The van der Waals surface area contributed by atoms with Crippen LogP contribution in [0.1, 0.15) is 18.9 Å². The maximum atomic E-state index is 13.5. The van der Waals surface area contributed by atoms with Crippen molar-refractivity contribution in [2.45, 2.75) is 25.2 Å². The van der Waals surface area contributed by atoms with Crippen LogP contribution >= 0.6 is 11.3 Å². The van der Waals surface area contributed by atoms with Crippen molar-refractivity contribution in [3.63, 3.8) is 0 Å². The van der Waals surface area contributed by atoms with Crippen molar-refractivity contribution < 1.29 is 8.60 Å². The predicted octanol–water partition coefficient (Wildman–Crippen LogP) is 6.07. The number of nitrogens with one attached hydrogen (secondary N) is 1. The molecule has 31 heavy (non-hydrogen) atoms. The first-order chi connectivity index (χ1) is 15.0. The Labute approximate surface area is 186 Å². The summed E-state index contributed by atoms with van der Waals surface area (Å²) in [6.45, 7) is 3.83. The fourth-order valence-corrected chi connectivity index (χ4v) is 5.69. The van der Waals surface area contributed by atoms with E-state index in [1.807, 2.05) is 42.5 Å². The highest BCUT2D eigenvalue weighted by Gasteiger charge is 2.16. The van der Waals surface area contributed by atoms with Crippen LogP contribution in [-0.4, -0.2) is 19.5 Å². The van der Waals surface area contributed by atoms with E-state index in [1.54, 1.807) is 42.0 Å². The van der Waals surface area contributed by atoms with E-state index in [0.29, 0.717) is 10.7 Å². The third-order valence-corrected chi connectivity index (χ3v) is 8.19. The molecule has 0 bridgehead atoms. The van der Waals surface area contributed by atoms with Crippen molar-refractivity contribution in [2.75, 3.05) is 4.72 Å². The highest BCUT2D eigenvalue weighted by molar-refractivity contribution is 8.02. The lowest BCUT2D eigenvalue weighted by Crippen LogP contribution is -2.15. The van der Waals surface area contributed by atoms with Crippen molar-refractivity contribution in [1.82, 2.24) is 9.97 Å². The minimum atomic E-state index is -2.62. The number of pyridine rings is 1. The number of halogens is 1. The molecular weight excluding hydrogens is 429 g/mol. The average molecular weight is 452 g/mol. The first-order valence-corrected chi connectivity index (χ1v) is 12.3. The predicted molar refractivity (Wildman–Crippen MR) is 128 cm³/mol. The lowest BCUT2D eigenvalue weighted by Gasteiger charge is -2.14. The molecule has 2 heterocycles. The van der Waals surface area contributed by atoms with Gasteiger partial charge in [-0.15, -0.1) is 11.3 Å². The molecule has 0 radical (unpaired) electrons. The number of aryl methyl sites for hydroxylation is 1. The summed E-state index contributed by atoms with van der Waals surface area (Å²) in [6, 6.07) is 19.4. The lowest BCUT2D eigenvalue weighted by molar-refractivity contribution is 0.628. The number of benzene rings is 2. The Morgan fingerprint density at radius 1 is 1.06 bits per heavy atom. The van der Waals surface area contributed by atoms with Gasteiger partial charge in [-0.1, -0.05) is 25.1 Å². The van der Waals surface area contributed by atoms with Crippen LogP contribution in [0.5, 0.6) is 0 Å². The van der Waals surface area contributed by atoms with Gasteiger partial charge in [0.25, 0.3) is 0 Å². The molecule has 4 aromatic rings. The normalized spacial score (nSPS) is 12.9. The van der Waals surface area contributed by atoms with Gasteiger partial charge in [0.1, 0.15) is 11.6 Å². The number of hydrogen-bond donors (Lipinski definition) is 1. The molecule has 2 aromatic heterocycles. The van der Waals surface area contributed by atoms with Crippen LogP contribution in [0.25, 0.3) is 21.7 Å². The Bertz CT molecular complexity index is 1310. The van der Waals surface area contributed by atoms with Gasteiger partial charge in [0.2, 0.25) is 0 Å². The highest BCUT2D eigenvalue weighted by atomic mass is 32.2. The van der Waals surface area contributed by atoms with E-state index < -0.39 is 9.71 Å². The maximum Gasteiger partial charge on any atom is 0.138 e. The second-order valence-corrected chi connectivity index (χ2v) is 10.3. The van der Waals surface area contributed by atoms with E-state index >= 15 is 0 Å². The minimum absolute atomic E-state index is 0.280. The van der Waals surface area contributed by atoms with Crippen molar-refractivity contribution in [2.24, 2.45) is 0 Å². The Morgan fingerprint density at radius 3 is 2.48 bits per heavy atom. The van der Waals surface area contributed by atoms with Gasteiger partial charge in [-0.05, 0) is 72.8 Å². The van der Waals surface area contributed by atoms with E-state index in [2.05, 4.69) is 16.6 Å². The molecule has 0 amide bonds. The van der Waals surface area contributed by atoms with E-state index in [0.717, 1.165) is 33.1 Å². The van der Waals surface area contributed by atoms with Crippen LogP contribution < -0.4 is 4.72 Å². The van der Waals surface area contributed by atoms with Crippen LogP contribution in [0, 0.1) is 5.82 Å². The van der Waals surface area contributed by atoms with Crippen molar-refractivity contribution in [1.29, 1.82) is 0 Å². The summed E-state index contributed by atoms with van der Waals surface area (Å²) in [5.41, 5.74) is 2.58. The van der Waals surface area contributed by atoms with Crippen molar-refractivity contribution >= 4 is 32.2 Å². The quantitative estimate of drug-likeness (QED) is 0.362. The molecule has 0 aliphatic rings. The standard InChI is InChI=1S/C24H22FN3OS2/c1-3-22-27-23(17-10-12-19(25)13-11-17)24(30-22)18-14-15-26-21(16-18)28-31(29,4-2)20-8-6-5-7-9-20/h4-16H,3H2,1-2H3,(H,26,28,29). The van der Waals surface area contributed by atoms with Crippen LogP contribution in [0.4, 0.5) is 10.2 Å².